The number of aryl methyl sites for hydroxylation is 1. The number of carbonyl (C=O) groups is 1. The van der Waals surface area contributed by atoms with Crippen LogP contribution in [0.3, 0.4) is 0 Å². The van der Waals surface area contributed by atoms with Crippen molar-refractivity contribution in [2.24, 2.45) is 0 Å². The lowest BCUT2D eigenvalue weighted by atomic mass is 10.1. The Hall–Kier alpha value is -1.55. The zero-order chi connectivity index (χ0) is 12.5. The van der Waals surface area contributed by atoms with Crippen LogP contribution >= 0.6 is 11.8 Å². The minimum absolute atomic E-state index is 0.708. The number of aldehydes is 1. The minimum atomic E-state index is 0.708. The van der Waals surface area contributed by atoms with Gasteiger partial charge in [0.15, 0.2) is 11.4 Å². The van der Waals surface area contributed by atoms with Crippen LogP contribution in [0.4, 0.5) is 0 Å². The molecule has 0 amide bonds. The molecule has 1 aromatic carbocycles. The van der Waals surface area contributed by atoms with Crippen molar-refractivity contribution in [3.05, 3.63) is 35.5 Å². The molecule has 2 heterocycles. The molecule has 3 rings (SSSR count). The van der Waals surface area contributed by atoms with E-state index in [1.165, 1.54) is 5.56 Å². The quantitative estimate of drug-likeness (QED) is 0.794. The van der Waals surface area contributed by atoms with Crippen LogP contribution < -0.4 is 0 Å². The van der Waals surface area contributed by atoms with Gasteiger partial charge < -0.3 is 4.57 Å². The molecule has 0 unspecified atom stereocenters. The second kappa shape index (κ2) is 4.61. The van der Waals surface area contributed by atoms with Crippen molar-refractivity contribution in [1.29, 1.82) is 0 Å². The summed E-state index contributed by atoms with van der Waals surface area (Å²) < 4.78 is 2.01. The summed E-state index contributed by atoms with van der Waals surface area (Å²) in [5.41, 5.74) is 3.85. The fourth-order valence-electron chi connectivity index (χ4n) is 2.23. The molecule has 0 radical (unpaired) electrons. The van der Waals surface area contributed by atoms with Crippen LogP contribution in [0.5, 0.6) is 0 Å². The second-order valence-electron chi connectivity index (χ2n) is 4.30. The van der Waals surface area contributed by atoms with E-state index in [1.54, 1.807) is 11.8 Å². The van der Waals surface area contributed by atoms with Crippen molar-refractivity contribution >= 4 is 18.0 Å². The molecule has 0 bridgehead atoms. The normalized spacial score (nSPS) is 13.6. The van der Waals surface area contributed by atoms with Gasteiger partial charge >= 0.3 is 0 Å². The van der Waals surface area contributed by atoms with E-state index in [9.17, 15) is 4.79 Å². The Morgan fingerprint density at radius 2 is 2.17 bits per heavy atom. The number of fused-ring (bicyclic) bond motifs is 1. The number of hydrogen-bond acceptors (Lipinski definition) is 3. The Bertz CT molecular complexity index is 587. The second-order valence-corrected chi connectivity index (χ2v) is 5.36. The number of benzene rings is 1. The summed E-state index contributed by atoms with van der Waals surface area (Å²) in [5.74, 6) is 1.01. The van der Waals surface area contributed by atoms with Gasteiger partial charge in [0, 0.05) is 17.9 Å². The molecule has 18 heavy (non-hydrogen) atoms. The predicted octanol–water partition coefficient (Wildman–Crippen LogP) is 3.03. The van der Waals surface area contributed by atoms with E-state index in [4.69, 9.17) is 0 Å². The topological polar surface area (TPSA) is 34.9 Å². The Morgan fingerprint density at radius 3 is 2.83 bits per heavy atom. The summed E-state index contributed by atoms with van der Waals surface area (Å²) in [6.45, 7) is 3.02. The minimum Gasteiger partial charge on any atom is -0.315 e. The van der Waals surface area contributed by atoms with E-state index < -0.39 is 0 Å². The number of imidazole rings is 1. The van der Waals surface area contributed by atoms with E-state index in [1.807, 2.05) is 4.57 Å². The van der Waals surface area contributed by atoms with Crippen LogP contribution in [-0.2, 0) is 13.0 Å². The Kier molecular flexibility index (Phi) is 2.96. The van der Waals surface area contributed by atoms with E-state index in [0.717, 1.165) is 41.4 Å². The molecule has 4 heteroatoms. The first-order chi connectivity index (χ1) is 8.83. The Labute approximate surface area is 110 Å². The lowest BCUT2D eigenvalue weighted by molar-refractivity contribution is 0.111. The van der Waals surface area contributed by atoms with E-state index in [2.05, 4.69) is 36.2 Å². The highest BCUT2D eigenvalue weighted by Gasteiger charge is 2.21. The number of carbonyl (C=O) groups excluding carboxylic acids is 1. The Balaban J connectivity index is 2.08. The molecule has 92 valence electrons. The van der Waals surface area contributed by atoms with Gasteiger partial charge in [0.25, 0.3) is 0 Å². The number of hydrogen-bond donors (Lipinski definition) is 0. The van der Waals surface area contributed by atoms with Gasteiger partial charge in [-0.2, -0.15) is 0 Å². The molecule has 1 aliphatic heterocycles. The monoisotopic (exact) mass is 258 g/mol. The van der Waals surface area contributed by atoms with Crippen LogP contribution in [0.2, 0.25) is 0 Å². The summed E-state index contributed by atoms with van der Waals surface area (Å²) in [6.07, 6.45) is 1.95. The largest absolute Gasteiger partial charge is 0.315 e. The zero-order valence-electron chi connectivity index (χ0n) is 10.2. The van der Waals surface area contributed by atoms with E-state index in [0.29, 0.717) is 5.69 Å². The van der Waals surface area contributed by atoms with E-state index in [-0.39, 0.29) is 0 Å². The summed E-state index contributed by atoms with van der Waals surface area (Å²) >= 11 is 1.71. The van der Waals surface area contributed by atoms with Crippen molar-refractivity contribution in [2.45, 2.75) is 25.0 Å². The van der Waals surface area contributed by atoms with Gasteiger partial charge in [0.1, 0.15) is 11.4 Å². The molecule has 0 saturated carbocycles. The molecule has 0 spiro atoms. The summed E-state index contributed by atoms with van der Waals surface area (Å²) in [4.78, 5) is 15.9. The van der Waals surface area contributed by atoms with Gasteiger partial charge in [-0.1, -0.05) is 43.0 Å². The molecular formula is C14H14N2OS. The first kappa shape index (κ1) is 11.5. The van der Waals surface area contributed by atoms with Crippen LogP contribution in [-0.4, -0.2) is 21.6 Å². The molecule has 1 aromatic heterocycles. The van der Waals surface area contributed by atoms with Crippen LogP contribution in [0.1, 0.15) is 23.0 Å². The average molecular weight is 258 g/mol. The zero-order valence-corrected chi connectivity index (χ0v) is 11.0. The third-order valence-electron chi connectivity index (χ3n) is 3.27. The molecule has 3 nitrogen and oxygen atoms in total. The van der Waals surface area contributed by atoms with Crippen molar-refractivity contribution in [1.82, 2.24) is 9.55 Å². The van der Waals surface area contributed by atoms with Crippen molar-refractivity contribution < 1.29 is 4.79 Å². The standard InChI is InChI=1S/C14H14N2OS/c1-2-10-3-5-11(6-4-10)13-12(9-17)16-7-8-18-14(16)15-13/h3-6,9H,2,7-8H2,1H3. The molecule has 0 saturated heterocycles. The maximum atomic E-state index is 11.3. The highest BCUT2D eigenvalue weighted by molar-refractivity contribution is 7.99. The van der Waals surface area contributed by atoms with Crippen molar-refractivity contribution in [3.8, 4) is 11.3 Å². The fraction of sp³-hybridized carbons (Fsp3) is 0.286. The third-order valence-corrected chi connectivity index (χ3v) is 4.22. The third kappa shape index (κ3) is 1.77. The maximum Gasteiger partial charge on any atom is 0.169 e. The first-order valence-corrected chi connectivity index (χ1v) is 7.10. The van der Waals surface area contributed by atoms with Crippen LogP contribution in [0, 0.1) is 0 Å². The smallest absolute Gasteiger partial charge is 0.169 e. The van der Waals surface area contributed by atoms with Gasteiger partial charge in [-0.15, -0.1) is 0 Å². The average Bonchev–Trinajstić information content (AvgIpc) is 2.98. The highest BCUT2D eigenvalue weighted by Crippen LogP contribution is 2.32. The Morgan fingerprint density at radius 1 is 1.39 bits per heavy atom. The lowest BCUT2D eigenvalue weighted by Crippen LogP contribution is -2.00. The molecule has 2 aromatic rings. The van der Waals surface area contributed by atoms with Crippen LogP contribution in [0.25, 0.3) is 11.3 Å². The fourth-order valence-corrected chi connectivity index (χ4v) is 3.19. The van der Waals surface area contributed by atoms with Crippen molar-refractivity contribution in [3.63, 3.8) is 0 Å². The molecule has 0 fully saturated rings. The molecule has 0 aliphatic carbocycles. The van der Waals surface area contributed by atoms with Gasteiger partial charge in [-0.3, -0.25) is 4.79 Å². The number of nitrogens with zero attached hydrogens (tertiary/aromatic N) is 2. The molecule has 1 aliphatic rings. The number of rotatable bonds is 3. The molecule has 0 N–H and O–H groups in total. The lowest BCUT2D eigenvalue weighted by Gasteiger charge is -2.02. The predicted molar refractivity (Wildman–Crippen MR) is 73.2 cm³/mol. The summed E-state index contributed by atoms with van der Waals surface area (Å²) in [5, 5.41) is 0.965. The van der Waals surface area contributed by atoms with Gasteiger partial charge in [0.05, 0.1) is 0 Å². The highest BCUT2D eigenvalue weighted by atomic mass is 32.2. The SMILES string of the molecule is CCc1ccc(-c2nc3n(c2C=O)CCS3)cc1. The number of aromatic nitrogens is 2. The van der Waals surface area contributed by atoms with Crippen LogP contribution in [0.15, 0.2) is 29.4 Å². The molecular weight excluding hydrogens is 244 g/mol. The van der Waals surface area contributed by atoms with Gasteiger partial charge in [-0.05, 0) is 12.0 Å². The first-order valence-electron chi connectivity index (χ1n) is 6.11. The molecule has 0 atom stereocenters. The summed E-state index contributed by atoms with van der Waals surface area (Å²) in [7, 11) is 0. The maximum absolute atomic E-state index is 11.3. The van der Waals surface area contributed by atoms with E-state index >= 15 is 0 Å². The van der Waals surface area contributed by atoms with Gasteiger partial charge in [-0.25, -0.2) is 4.98 Å². The van der Waals surface area contributed by atoms with Gasteiger partial charge in [0.2, 0.25) is 0 Å². The number of thioether (sulfide) groups is 1. The van der Waals surface area contributed by atoms with Crippen molar-refractivity contribution in [2.75, 3.05) is 5.75 Å². The summed E-state index contributed by atoms with van der Waals surface area (Å²) in [6, 6.07) is 8.30.